The molecule has 2 rings (SSSR count). The van der Waals surface area contributed by atoms with Crippen molar-refractivity contribution in [3.8, 4) is 0 Å². The van der Waals surface area contributed by atoms with Gasteiger partial charge in [0.1, 0.15) is 5.82 Å². The van der Waals surface area contributed by atoms with Crippen LogP contribution in [0.3, 0.4) is 0 Å². The van der Waals surface area contributed by atoms with E-state index in [0.717, 1.165) is 37.7 Å². The first-order valence-corrected chi connectivity index (χ1v) is 5.98. The molecule has 0 amide bonds. The molecule has 1 fully saturated rings. The van der Waals surface area contributed by atoms with Crippen LogP contribution in [0.15, 0.2) is 18.3 Å². The van der Waals surface area contributed by atoms with Gasteiger partial charge in [-0.1, -0.05) is 6.92 Å². The second kappa shape index (κ2) is 5.16. The summed E-state index contributed by atoms with van der Waals surface area (Å²) in [6.45, 7) is 7.80. The average Bonchev–Trinajstić information content (AvgIpc) is 2.30. The van der Waals surface area contributed by atoms with Gasteiger partial charge in [0.2, 0.25) is 0 Å². The largest absolute Gasteiger partial charge is 0.399 e. The fraction of sp³-hybridized carbons (Fsp3) is 0.583. The summed E-state index contributed by atoms with van der Waals surface area (Å²) in [5, 5.41) is 0. The lowest BCUT2D eigenvalue weighted by Crippen LogP contribution is -2.46. The van der Waals surface area contributed by atoms with Gasteiger partial charge in [-0.25, -0.2) is 4.98 Å². The molecule has 0 radical (unpaired) electrons. The zero-order valence-electron chi connectivity index (χ0n) is 9.89. The Morgan fingerprint density at radius 2 is 2.06 bits per heavy atom. The third kappa shape index (κ3) is 2.64. The second-order valence-corrected chi connectivity index (χ2v) is 4.28. The summed E-state index contributed by atoms with van der Waals surface area (Å²) in [5.74, 6) is 1.01. The molecule has 0 bridgehead atoms. The van der Waals surface area contributed by atoms with Crippen LogP contribution >= 0.6 is 0 Å². The summed E-state index contributed by atoms with van der Waals surface area (Å²) in [7, 11) is 0. The van der Waals surface area contributed by atoms with Gasteiger partial charge in [-0.2, -0.15) is 0 Å². The zero-order chi connectivity index (χ0) is 11.4. The van der Waals surface area contributed by atoms with Crippen LogP contribution in [0.1, 0.15) is 13.3 Å². The molecule has 4 nitrogen and oxygen atoms in total. The van der Waals surface area contributed by atoms with Gasteiger partial charge in [-0.15, -0.1) is 0 Å². The lowest BCUT2D eigenvalue weighted by molar-refractivity contribution is 0.258. The number of rotatable bonds is 3. The van der Waals surface area contributed by atoms with Gasteiger partial charge in [-0.05, 0) is 19.0 Å². The van der Waals surface area contributed by atoms with Crippen molar-refractivity contribution in [2.24, 2.45) is 0 Å². The molecule has 1 aromatic heterocycles. The molecule has 16 heavy (non-hydrogen) atoms. The van der Waals surface area contributed by atoms with E-state index >= 15 is 0 Å². The highest BCUT2D eigenvalue weighted by atomic mass is 15.3. The average molecular weight is 220 g/mol. The predicted molar refractivity (Wildman–Crippen MR) is 67.6 cm³/mol. The van der Waals surface area contributed by atoms with E-state index in [1.54, 1.807) is 6.20 Å². The lowest BCUT2D eigenvalue weighted by Gasteiger charge is -2.35. The van der Waals surface area contributed by atoms with E-state index in [9.17, 15) is 0 Å². The molecule has 1 aliphatic heterocycles. The van der Waals surface area contributed by atoms with Crippen molar-refractivity contribution < 1.29 is 0 Å². The quantitative estimate of drug-likeness (QED) is 0.831. The van der Waals surface area contributed by atoms with Gasteiger partial charge >= 0.3 is 0 Å². The van der Waals surface area contributed by atoms with Crippen LogP contribution in [0.5, 0.6) is 0 Å². The lowest BCUT2D eigenvalue weighted by atomic mass is 10.3. The number of hydrogen-bond acceptors (Lipinski definition) is 4. The number of piperazine rings is 1. The number of pyridine rings is 1. The monoisotopic (exact) mass is 220 g/mol. The molecule has 0 saturated carbocycles. The number of aromatic nitrogens is 1. The van der Waals surface area contributed by atoms with Crippen molar-refractivity contribution in [1.29, 1.82) is 0 Å². The summed E-state index contributed by atoms with van der Waals surface area (Å²) in [6.07, 6.45) is 3.01. The Balaban J connectivity index is 1.94. The Bertz CT molecular complexity index is 332. The predicted octanol–water partition coefficient (Wildman–Crippen LogP) is 1.20. The fourth-order valence-electron chi connectivity index (χ4n) is 2.12. The molecule has 2 heterocycles. The van der Waals surface area contributed by atoms with E-state index in [-0.39, 0.29) is 0 Å². The molecule has 1 aliphatic rings. The van der Waals surface area contributed by atoms with Crippen molar-refractivity contribution in [2.45, 2.75) is 13.3 Å². The summed E-state index contributed by atoms with van der Waals surface area (Å²) in [4.78, 5) is 9.17. The molecule has 88 valence electrons. The van der Waals surface area contributed by atoms with Gasteiger partial charge in [0.25, 0.3) is 0 Å². The maximum absolute atomic E-state index is 5.76. The molecular formula is C12H20N4. The number of anilines is 2. The van der Waals surface area contributed by atoms with Crippen molar-refractivity contribution in [3.63, 3.8) is 0 Å². The molecule has 4 heteroatoms. The van der Waals surface area contributed by atoms with Gasteiger partial charge < -0.3 is 10.6 Å². The highest BCUT2D eigenvalue weighted by Crippen LogP contribution is 2.15. The first kappa shape index (κ1) is 11.2. The molecule has 0 aromatic carbocycles. The van der Waals surface area contributed by atoms with Crippen LogP contribution in [-0.2, 0) is 0 Å². The second-order valence-electron chi connectivity index (χ2n) is 4.28. The maximum atomic E-state index is 5.76. The van der Waals surface area contributed by atoms with E-state index in [2.05, 4.69) is 21.7 Å². The molecule has 0 atom stereocenters. The number of hydrogen-bond donors (Lipinski definition) is 1. The summed E-state index contributed by atoms with van der Waals surface area (Å²) in [5.41, 5.74) is 6.56. The molecule has 1 saturated heterocycles. The first-order valence-electron chi connectivity index (χ1n) is 5.98. The number of nitrogen functional groups attached to an aromatic ring is 1. The standard InChI is InChI=1S/C12H20N4/c1-2-5-15-6-8-16(9-7-15)12-10-11(13)3-4-14-12/h3-4,10H,2,5-9H2,1H3,(H2,13,14). The highest BCUT2D eigenvalue weighted by Gasteiger charge is 2.16. The van der Waals surface area contributed by atoms with E-state index < -0.39 is 0 Å². The summed E-state index contributed by atoms with van der Waals surface area (Å²) >= 11 is 0. The Labute approximate surface area is 97.1 Å². The van der Waals surface area contributed by atoms with Gasteiger partial charge in [0.15, 0.2) is 0 Å². The van der Waals surface area contributed by atoms with E-state index in [1.807, 2.05) is 12.1 Å². The van der Waals surface area contributed by atoms with Crippen molar-refractivity contribution in [3.05, 3.63) is 18.3 Å². The van der Waals surface area contributed by atoms with Crippen molar-refractivity contribution in [2.75, 3.05) is 43.4 Å². The zero-order valence-corrected chi connectivity index (χ0v) is 9.89. The Morgan fingerprint density at radius 1 is 1.31 bits per heavy atom. The minimum absolute atomic E-state index is 0.793. The van der Waals surface area contributed by atoms with Crippen LogP contribution in [0.25, 0.3) is 0 Å². The van der Waals surface area contributed by atoms with Crippen molar-refractivity contribution in [1.82, 2.24) is 9.88 Å². The van der Waals surface area contributed by atoms with Gasteiger partial charge in [0, 0.05) is 44.1 Å². The first-order chi connectivity index (χ1) is 7.79. The Kier molecular flexibility index (Phi) is 3.62. The fourth-order valence-corrected chi connectivity index (χ4v) is 2.12. The topological polar surface area (TPSA) is 45.4 Å². The van der Waals surface area contributed by atoms with Crippen LogP contribution in [-0.4, -0.2) is 42.6 Å². The molecule has 0 aliphatic carbocycles. The van der Waals surface area contributed by atoms with Crippen molar-refractivity contribution >= 4 is 11.5 Å². The summed E-state index contributed by atoms with van der Waals surface area (Å²) < 4.78 is 0. The Morgan fingerprint density at radius 3 is 2.69 bits per heavy atom. The van der Waals surface area contributed by atoms with Crippen LogP contribution in [0.4, 0.5) is 11.5 Å². The molecule has 0 unspecified atom stereocenters. The summed E-state index contributed by atoms with van der Waals surface area (Å²) in [6, 6.07) is 3.78. The number of nitrogens with two attached hydrogens (primary N) is 1. The van der Waals surface area contributed by atoms with Crippen LogP contribution in [0.2, 0.25) is 0 Å². The maximum Gasteiger partial charge on any atom is 0.130 e. The SMILES string of the molecule is CCCN1CCN(c2cc(N)ccn2)CC1. The molecule has 0 spiro atoms. The molecular weight excluding hydrogens is 200 g/mol. The number of nitrogens with zero attached hydrogens (tertiary/aromatic N) is 3. The molecule has 2 N–H and O–H groups in total. The van der Waals surface area contributed by atoms with E-state index in [1.165, 1.54) is 13.0 Å². The third-order valence-electron chi connectivity index (χ3n) is 3.01. The van der Waals surface area contributed by atoms with Crippen LogP contribution < -0.4 is 10.6 Å². The third-order valence-corrected chi connectivity index (χ3v) is 3.01. The van der Waals surface area contributed by atoms with Gasteiger partial charge in [0.05, 0.1) is 0 Å². The minimum atomic E-state index is 0.793. The van der Waals surface area contributed by atoms with Crippen LogP contribution in [0, 0.1) is 0 Å². The van der Waals surface area contributed by atoms with E-state index in [4.69, 9.17) is 5.73 Å². The highest BCUT2D eigenvalue weighted by molar-refractivity contribution is 5.50. The van der Waals surface area contributed by atoms with Gasteiger partial charge in [-0.3, -0.25) is 4.90 Å². The smallest absolute Gasteiger partial charge is 0.130 e. The normalized spacial score (nSPS) is 17.7. The Hall–Kier alpha value is -1.29. The minimum Gasteiger partial charge on any atom is -0.399 e. The van der Waals surface area contributed by atoms with E-state index in [0.29, 0.717) is 0 Å². The molecule has 1 aromatic rings.